The van der Waals surface area contributed by atoms with Gasteiger partial charge in [0, 0.05) is 19.6 Å². The summed E-state index contributed by atoms with van der Waals surface area (Å²) in [7, 11) is 1.67. The predicted octanol–water partition coefficient (Wildman–Crippen LogP) is 0.294. The lowest BCUT2D eigenvalue weighted by Crippen LogP contribution is -2.08. The second-order valence-corrected chi connectivity index (χ2v) is 3.53. The lowest BCUT2D eigenvalue weighted by Gasteiger charge is -2.06. The van der Waals surface area contributed by atoms with Crippen molar-refractivity contribution in [2.45, 2.75) is 31.9 Å². The minimum absolute atomic E-state index is 0.0313. The van der Waals surface area contributed by atoms with Crippen LogP contribution < -0.4 is 0 Å². The number of aliphatic hydroxyl groups is 1. The first-order chi connectivity index (χ1) is 6.86. The predicted molar refractivity (Wildman–Crippen MR) is 49.8 cm³/mol. The molecule has 0 spiro atoms. The highest BCUT2D eigenvalue weighted by Gasteiger charge is 2.28. The maximum Gasteiger partial charge on any atom is 0.159 e. The summed E-state index contributed by atoms with van der Waals surface area (Å²) in [6, 6.07) is 0.513. The zero-order valence-corrected chi connectivity index (χ0v) is 8.31. The molecule has 1 N–H and O–H groups in total. The fourth-order valence-electron chi connectivity index (χ4n) is 1.59. The van der Waals surface area contributed by atoms with Gasteiger partial charge in [-0.25, -0.2) is 0 Å². The van der Waals surface area contributed by atoms with Crippen molar-refractivity contribution in [1.29, 1.82) is 0 Å². The average molecular weight is 197 g/mol. The van der Waals surface area contributed by atoms with Gasteiger partial charge in [-0.3, -0.25) is 0 Å². The number of ether oxygens (including phenoxy) is 1. The molecule has 1 aromatic rings. The molecule has 0 bridgehead atoms. The monoisotopic (exact) mass is 197 g/mol. The molecule has 2 rings (SSSR count). The van der Waals surface area contributed by atoms with E-state index in [0.717, 1.165) is 12.2 Å². The van der Waals surface area contributed by atoms with Crippen LogP contribution in [0.3, 0.4) is 0 Å². The van der Waals surface area contributed by atoms with Gasteiger partial charge in [-0.15, -0.1) is 10.2 Å². The van der Waals surface area contributed by atoms with Crippen molar-refractivity contribution in [3.8, 4) is 0 Å². The average Bonchev–Trinajstić information content (AvgIpc) is 2.96. The zero-order valence-electron chi connectivity index (χ0n) is 8.31. The van der Waals surface area contributed by atoms with Crippen LogP contribution in [-0.2, 0) is 17.8 Å². The standard InChI is InChI=1S/C9H15N3O2/c1-14-5-4-8-10-11-9(6-13)12(8)7-2-3-7/h7,13H,2-6H2,1H3. The van der Waals surface area contributed by atoms with Crippen molar-refractivity contribution in [3.63, 3.8) is 0 Å². The highest BCUT2D eigenvalue weighted by Crippen LogP contribution is 2.36. The summed E-state index contributed by atoms with van der Waals surface area (Å²) in [4.78, 5) is 0. The van der Waals surface area contributed by atoms with Crippen LogP contribution in [0, 0.1) is 0 Å². The van der Waals surface area contributed by atoms with E-state index in [0.29, 0.717) is 18.5 Å². The van der Waals surface area contributed by atoms with Gasteiger partial charge in [0.15, 0.2) is 5.82 Å². The Kier molecular flexibility index (Phi) is 2.79. The first-order valence-corrected chi connectivity index (χ1v) is 4.89. The van der Waals surface area contributed by atoms with Gasteiger partial charge in [0.25, 0.3) is 0 Å². The molecule has 78 valence electrons. The van der Waals surface area contributed by atoms with Crippen molar-refractivity contribution < 1.29 is 9.84 Å². The van der Waals surface area contributed by atoms with E-state index in [-0.39, 0.29) is 6.61 Å². The van der Waals surface area contributed by atoms with Crippen LogP contribution in [0.4, 0.5) is 0 Å². The van der Waals surface area contributed by atoms with Crippen LogP contribution >= 0.6 is 0 Å². The maximum absolute atomic E-state index is 9.08. The van der Waals surface area contributed by atoms with Crippen molar-refractivity contribution in [3.05, 3.63) is 11.6 Å². The number of rotatable bonds is 5. The summed E-state index contributed by atoms with van der Waals surface area (Å²) < 4.78 is 7.05. The van der Waals surface area contributed by atoms with Crippen LogP contribution in [0.15, 0.2) is 0 Å². The lowest BCUT2D eigenvalue weighted by atomic mass is 10.4. The first kappa shape index (κ1) is 9.61. The Morgan fingerprint density at radius 2 is 2.14 bits per heavy atom. The Labute approximate surface area is 82.7 Å². The second-order valence-electron chi connectivity index (χ2n) is 3.53. The molecular formula is C9H15N3O2. The summed E-state index contributed by atoms with van der Waals surface area (Å²) in [6.07, 6.45) is 3.11. The smallest absolute Gasteiger partial charge is 0.159 e. The van der Waals surface area contributed by atoms with Gasteiger partial charge in [-0.2, -0.15) is 0 Å². The van der Waals surface area contributed by atoms with Crippen molar-refractivity contribution in [1.82, 2.24) is 14.8 Å². The van der Waals surface area contributed by atoms with E-state index in [1.54, 1.807) is 7.11 Å². The largest absolute Gasteiger partial charge is 0.388 e. The Hall–Kier alpha value is -0.940. The molecule has 0 amide bonds. The minimum atomic E-state index is -0.0313. The molecule has 0 saturated heterocycles. The summed E-state index contributed by atoms with van der Waals surface area (Å²) in [6.45, 7) is 0.618. The quantitative estimate of drug-likeness (QED) is 0.737. The Morgan fingerprint density at radius 1 is 1.43 bits per heavy atom. The number of hydrogen-bond donors (Lipinski definition) is 1. The van der Waals surface area contributed by atoms with Gasteiger partial charge in [0.1, 0.15) is 12.4 Å². The molecule has 5 nitrogen and oxygen atoms in total. The van der Waals surface area contributed by atoms with E-state index in [2.05, 4.69) is 14.8 Å². The zero-order chi connectivity index (χ0) is 9.97. The third-order valence-corrected chi connectivity index (χ3v) is 2.42. The molecule has 1 heterocycles. The van der Waals surface area contributed by atoms with E-state index < -0.39 is 0 Å². The number of nitrogens with zero attached hydrogens (tertiary/aromatic N) is 3. The van der Waals surface area contributed by atoms with E-state index in [1.807, 2.05) is 0 Å². The second kappa shape index (κ2) is 4.06. The lowest BCUT2D eigenvalue weighted by molar-refractivity contribution is 0.199. The normalized spacial score (nSPS) is 16.1. The van der Waals surface area contributed by atoms with Crippen LogP contribution in [0.25, 0.3) is 0 Å². The number of aliphatic hydroxyl groups excluding tert-OH is 1. The topological polar surface area (TPSA) is 60.2 Å². The maximum atomic E-state index is 9.08. The van der Waals surface area contributed by atoms with Gasteiger partial charge < -0.3 is 14.4 Å². The molecule has 0 radical (unpaired) electrons. The van der Waals surface area contributed by atoms with Gasteiger partial charge in [-0.05, 0) is 12.8 Å². The first-order valence-electron chi connectivity index (χ1n) is 4.89. The van der Waals surface area contributed by atoms with Crippen LogP contribution in [-0.4, -0.2) is 33.6 Å². The van der Waals surface area contributed by atoms with E-state index >= 15 is 0 Å². The molecule has 5 heteroatoms. The molecule has 0 aliphatic heterocycles. The third kappa shape index (κ3) is 1.78. The van der Waals surface area contributed by atoms with E-state index in [4.69, 9.17) is 9.84 Å². The fourth-order valence-corrected chi connectivity index (χ4v) is 1.59. The molecule has 1 aliphatic rings. The van der Waals surface area contributed by atoms with Crippen LogP contribution in [0.1, 0.15) is 30.5 Å². The number of hydrogen-bond acceptors (Lipinski definition) is 4. The molecule has 0 aromatic carbocycles. The summed E-state index contributed by atoms with van der Waals surface area (Å²) >= 11 is 0. The Morgan fingerprint density at radius 3 is 2.71 bits per heavy atom. The van der Waals surface area contributed by atoms with E-state index in [9.17, 15) is 0 Å². The SMILES string of the molecule is COCCc1nnc(CO)n1C1CC1. The summed E-state index contributed by atoms with van der Waals surface area (Å²) in [5.74, 6) is 1.61. The van der Waals surface area contributed by atoms with E-state index in [1.165, 1.54) is 12.8 Å². The summed E-state index contributed by atoms with van der Waals surface area (Å²) in [5.41, 5.74) is 0. The Balaban J connectivity index is 2.16. The van der Waals surface area contributed by atoms with Gasteiger partial charge in [0.2, 0.25) is 0 Å². The number of methoxy groups -OCH3 is 1. The highest BCUT2D eigenvalue weighted by molar-refractivity contribution is 5.02. The molecule has 1 saturated carbocycles. The molecule has 14 heavy (non-hydrogen) atoms. The minimum Gasteiger partial charge on any atom is -0.388 e. The number of aromatic nitrogens is 3. The molecule has 1 aromatic heterocycles. The van der Waals surface area contributed by atoms with Crippen LogP contribution in [0.2, 0.25) is 0 Å². The van der Waals surface area contributed by atoms with Gasteiger partial charge in [0.05, 0.1) is 6.61 Å². The van der Waals surface area contributed by atoms with Crippen molar-refractivity contribution in [2.75, 3.05) is 13.7 Å². The fraction of sp³-hybridized carbons (Fsp3) is 0.778. The third-order valence-electron chi connectivity index (χ3n) is 2.42. The molecule has 0 atom stereocenters. The van der Waals surface area contributed by atoms with Crippen molar-refractivity contribution in [2.24, 2.45) is 0 Å². The molecule has 1 fully saturated rings. The molecule has 0 unspecified atom stereocenters. The van der Waals surface area contributed by atoms with Gasteiger partial charge in [-0.1, -0.05) is 0 Å². The Bertz CT molecular complexity index is 307. The molecule has 1 aliphatic carbocycles. The van der Waals surface area contributed by atoms with Crippen molar-refractivity contribution >= 4 is 0 Å². The summed E-state index contributed by atoms with van der Waals surface area (Å²) in [5, 5.41) is 17.1. The van der Waals surface area contributed by atoms with Gasteiger partial charge >= 0.3 is 0 Å². The van der Waals surface area contributed by atoms with Crippen LogP contribution in [0.5, 0.6) is 0 Å². The molecular weight excluding hydrogens is 182 g/mol. The highest BCUT2D eigenvalue weighted by atomic mass is 16.5.